The second kappa shape index (κ2) is 8.45. The van der Waals surface area contributed by atoms with Crippen LogP contribution in [0.2, 0.25) is 0 Å². The van der Waals surface area contributed by atoms with Gasteiger partial charge in [-0.2, -0.15) is 4.98 Å². The van der Waals surface area contributed by atoms with Crippen LogP contribution in [0.25, 0.3) is 0 Å². The smallest absolute Gasteiger partial charge is 0.227 e. The van der Waals surface area contributed by atoms with Crippen LogP contribution in [0.5, 0.6) is 0 Å². The van der Waals surface area contributed by atoms with Crippen molar-refractivity contribution in [2.24, 2.45) is 5.92 Å². The van der Waals surface area contributed by atoms with Gasteiger partial charge in [-0.3, -0.25) is 4.90 Å². The van der Waals surface area contributed by atoms with Crippen molar-refractivity contribution in [1.29, 1.82) is 0 Å². The van der Waals surface area contributed by atoms with Gasteiger partial charge in [-0.1, -0.05) is 30.3 Å². The average Bonchev–Trinajstić information content (AvgIpc) is 2.73. The van der Waals surface area contributed by atoms with Gasteiger partial charge in [0.1, 0.15) is 5.82 Å². The number of aliphatic hydroxyl groups is 1. The van der Waals surface area contributed by atoms with E-state index < -0.39 is 0 Å². The van der Waals surface area contributed by atoms with Gasteiger partial charge in [-0.25, -0.2) is 4.98 Å². The molecule has 0 amide bonds. The lowest BCUT2D eigenvalue weighted by Gasteiger charge is -2.37. The molecule has 2 aliphatic heterocycles. The molecule has 1 N–H and O–H groups in total. The second-order valence-corrected chi connectivity index (χ2v) is 8.25. The summed E-state index contributed by atoms with van der Waals surface area (Å²) in [5, 5.41) is 9.64. The van der Waals surface area contributed by atoms with Gasteiger partial charge in [0, 0.05) is 59.0 Å². The van der Waals surface area contributed by atoms with Gasteiger partial charge in [0.25, 0.3) is 0 Å². The summed E-state index contributed by atoms with van der Waals surface area (Å²) in [6, 6.07) is 10.6. The van der Waals surface area contributed by atoms with Crippen LogP contribution in [0.4, 0.5) is 11.8 Å². The maximum Gasteiger partial charge on any atom is 0.227 e. The maximum atomic E-state index is 9.64. The molecular weight excluding hydrogens is 350 g/mol. The molecule has 150 valence electrons. The van der Waals surface area contributed by atoms with Crippen LogP contribution in [0, 0.1) is 5.92 Å². The number of aromatic nitrogens is 2. The van der Waals surface area contributed by atoms with Crippen molar-refractivity contribution in [2.45, 2.75) is 32.4 Å². The van der Waals surface area contributed by atoms with Crippen molar-refractivity contribution in [3.63, 3.8) is 0 Å². The Morgan fingerprint density at radius 2 is 1.96 bits per heavy atom. The fourth-order valence-electron chi connectivity index (χ4n) is 4.30. The van der Waals surface area contributed by atoms with Crippen molar-refractivity contribution in [3.8, 4) is 0 Å². The van der Waals surface area contributed by atoms with Crippen molar-refractivity contribution < 1.29 is 5.11 Å². The Kier molecular flexibility index (Phi) is 5.78. The van der Waals surface area contributed by atoms with Crippen LogP contribution in [-0.2, 0) is 19.5 Å². The molecule has 6 nitrogen and oxygen atoms in total. The molecule has 1 atom stereocenters. The predicted octanol–water partition coefficient (Wildman–Crippen LogP) is 2.31. The molecule has 1 unspecified atom stereocenters. The van der Waals surface area contributed by atoms with Crippen LogP contribution < -0.4 is 9.80 Å². The fourth-order valence-corrected chi connectivity index (χ4v) is 4.30. The highest BCUT2D eigenvalue weighted by Gasteiger charge is 2.28. The van der Waals surface area contributed by atoms with Crippen molar-refractivity contribution in [3.05, 3.63) is 47.2 Å². The normalized spacial score (nSPS) is 20.1. The summed E-state index contributed by atoms with van der Waals surface area (Å²) in [5.74, 6) is 2.22. The molecule has 0 radical (unpaired) electrons. The summed E-state index contributed by atoms with van der Waals surface area (Å²) in [6.07, 6.45) is 3.19. The third-order valence-corrected chi connectivity index (χ3v) is 5.84. The van der Waals surface area contributed by atoms with E-state index in [9.17, 15) is 5.11 Å². The first-order valence-corrected chi connectivity index (χ1v) is 10.3. The number of fused-ring (bicyclic) bond motifs is 1. The molecule has 0 bridgehead atoms. The molecule has 3 heterocycles. The predicted molar refractivity (Wildman–Crippen MR) is 113 cm³/mol. The van der Waals surface area contributed by atoms with E-state index in [0.29, 0.717) is 5.92 Å². The molecule has 2 aromatic rings. The van der Waals surface area contributed by atoms with Crippen LogP contribution >= 0.6 is 0 Å². The minimum absolute atomic E-state index is 0.259. The second-order valence-electron chi connectivity index (χ2n) is 8.25. The topological polar surface area (TPSA) is 55.7 Å². The number of nitrogens with zero attached hydrogens (tertiary/aromatic N) is 5. The Balaban J connectivity index is 1.61. The molecule has 1 aromatic heterocycles. The molecule has 1 fully saturated rings. The van der Waals surface area contributed by atoms with E-state index in [1.165, 1.54) is 11.1 Å². The first-order chi connectivity index (χ1) is 13.6. The van der Waals surface area contributed by atoms with Crippen LogP contribution in [0.15, 0.2) is 30.3 Å². The van der Waals surface area contributed by atoms with Gasteiger partial charge in [-0.05, 0) is 30.7 Å². The molecule has 2 aliphatic rings. The summed E-state index contributed by atoms with van der Waals surface area (Å²) >= 11 is 0. The SMILES string of the molecule is CN(C)c1nc2c(c(N3CCCC(CO)C3)n1)CCN(Cc1ccccc1)C2. The van der Waals surface area contributed by atoms with Gasteiger partial charge < -0.3 is 14.9 Å². The molecule has 0 saturated carbocycles. The lowest BCUT2D eigenvalue weighted by atomic mass is 9.97. The highest BCUT2D eigenvalue weighted by Crippen LogP contribution is 2.31. The van der Waals surface area contributed by atoms with Crippen molar-refractivity contribution >= 4 is 11.8 Å². The Hall–Kier alpha value is -2.18. The summed E-state index contributed by atoms with van der Waals surface area (Å²) in [6.45, 7) is 5.00. The number of piperidine rings is 1. The van der Waals surface area contributed by atoms with E-state index in [1.54, 1.807) is 0 Å². The number of aliphatic hydroxyl groups excluding tert-OH is 1. The number of hydrogen-bond acceptors (Lipinski definition) is 6. The van der Waals surface area contributed by atoms with E-state index >= 15 is 0 Å². The highest BCUT2D eigenvalue weighted by molar-refractivity contribution is 5.54. The van der Waals surface area contributed by atoms with Gasteiger partial charge in [0.15, 0.2) is 0 Å². The van der Waals surface area contributed by atoms with E-state index in [0.717, 1.165) is 69.4 Å². The number of rotatable bonds is 5. The third-order valence-electron chi connectivity index (χ3n) is 5.84. The first kappa shape index (κ1) is 19.2. The highest BCUT2D eigenvalue weighted by atomic mass is 16.3. The number of benzene rings is 1. The number of anilines is 2. The molecule has 4 rings (SSSR count). The Bertz CT molecular complexity index is 795. The van der Waals surface area contributed by atoms with Gasteiger partial charge in [-0.15, -0.1) is 0 Å². The molecule has 28 heavy (non-hydrogen) atoms. The Morgan fingerprint density at radius 3 is 2.71 bits per heavy atom. The van der Waals surface area contributed by atoms with Crippen molar-refractivity contribution in [2.75, 3.05) is 50.1 Å². The van der Waals surface area contributed by atoms with Gasteiger partial charge in [0.05, 0.1) is 5.69 Å². The zero-order chi connectivity index (χ0) is 19.5. The molecule has 1 saturated heterocycles. The summed E-state index contributed by atoms with van der Waals surface area (Å²) in [5.41, 5.74) is 3.80. The zero-order valence-corrected chi connectivity index (χ0v) is 17.0. The van der Waals surface area contributed by atoms with Crippen LogP contribution in [-0.4, -0.2) is 60.3 Å². The van der Waals surface area contributed by atoms with Crippen LogP contribution in [0.3, 0.4) is 0 Å². The van der Waals surface area contributed by atoms with E-state index in [2.05, 4.69) is 40.1 Å². The monoisotopic (exact) mass is 381 g/mol. The third kappa shape index (κ3) is 4.13. The molecule has 6 heteroatoms. The van der Waals surface area contributed by atoms with E-state index in [4.69, 9.17) is 9.97 Å². The quantitative estimate of drug-likeness (QED) is 0.858. The Morgan fingerprint density at radius 1 is 1.14 bits per heavy atom. The van der Waals surface area contributed by atoms with Crippen LogP contribution in [0.1, 0.15) is 29.7 Å². The van der Waals surface area contributed by atoms with E-state index in [-0.39, 0.29) is 6.61 Å². The molecule has 0 aliphatic carbocycles. The summed E-state index contributed by atoms with van der Waals surface area (Å²) < 4.78 is 0. The van der Waals surface area contributed by atoms with E-state index in [1.807, 2.05) is 19.0 Å². The van der Waals surface area contributed by atoms with Crippen molar-refractivity contribution in [1.82, 2.24) is 14.9 Å². The molecular formula is C22H31N5O. The first-order valence-electron chi connectivity index (χ1n) is 10.3. The zero-order valence-electron chi connectivity index (χ0n) is 17.0. The summed E-state index contributed by atoms with van der Waals surface area (Å²) in [7, 11) is 4.01. The largest absolute Gasteiger partial charge is 0.396 e. The van der Waals surface area contributed by atoms with Gasteiger partial charge >= 0.3 is 0 Å². The molecule has 0 spiro atoms. The lowest BCUT2D eigenvalue weighted by molar-refractivity contribution is 0.208. The standard InChI is InChI=1S/C22H31N5O/c1-25(2)22-23-20-15-26(13-17-7-4-3-5-8-17)12-10-19(20)21(24-22)27-11-6-9-18(14-27)16-28/h3-5,7-8,18,28H,6,9-16H2,1-2H3. The average molecular weight is 382 g/mol. The lowest BCUT2D eigenvalue weighted by Crippen LogP contribution is -2.40. The molecule has 1 aromatic carbocycles. The summed E-state index contributed by atoms with van der Waals surface area (Å²) in [4.78, 5) is 16.7. The van der Waals surface area contributed by atoms with Gasteiger partial charge in [0.2, 0.25) is 5.95 Å². The maximum absolute atomic E-state index is 9.64. The minimum atomic E-state index is 0.259. The number of hydrogen-bond donors (Lipinski definition) is 1. The Labute approximate surface area is 167 Å². The minimum Gasteiger partial charge on any atom is -0.396 e. The fraction of sp³-hybridized carbons (Fsp3) is 0.545.